The topological polar surface area (TPSA) is 48.0 Å². The lowest BCUT2D eigenvalue weighted by atomic mass is 10.1. The van der Waals surface area contributed by atoms with Crippen molar-refractivity contribution in [3.8, 4) is 17.2 Å². The molecule has 1 heterocycles. The largest absolute Gasteiger partial charge is 0.493 e. The number of carbonyl (C=O) groups is 1. The minimum absolute atomic E-state index is 0.138. The van der Waals surface area contributed by atoms with Gasteiger partial charge in [0.05, 0.1) is 31.9 Å². The summed E-state index contributed by atoms with van der Waals surface area (Å²) in [5.41, 5.74) is 3.62. The van der Waals surface area contributed by atoms with Crippen molar-refractivity contribution < 1.29 is 19.0 Å². The molecule has 7 heteroatoms. The molecule has 2 aromatic rings. The number of thioether (sulfide) groups is 1. The molecular formula is C21H21NO4S2. The minimum Gasteiger partial charge on any atom is -0.493 e. The van der Waals surface area contributed by atoms with Gasteiger partial charge in [-0.2, -0.15) is 0 Å². The molecule has 0 aromatic heterocycles. The third-order valence-corrected chi connectivity index (χ3v) is 5.74. The van der Waals surface area contributed by atoms with Crippen LogP contribution in [0.25, 0.3) is 6.08 Å². The van der Waals surface area contributed by atoms with Crippen LogP contribution in [0.5, 0.6) is 17.2 Å². The first-order valence-corrected chi connectivity index (χ1v) is 9.78. The number of aryl methyl sites for hydroxylation is 2. The summed E-state index contributed by atoms with van der Waals surface area (Å²) < 4.78 is 16.6. The van der Waals surface area contributed by atoms with Crippen molar-refractivity contribution in [3.63, 3.8) is 0 Å². The maximum atomic E-state index is 13.1. The monoisotopic (exact) mass is 415 g/mol. The Bertz CT molecular complexity index is 939. The van der Waals surface area contributed by atoms with Crippen molar-refractivity contribution in [1.29, 1.82) is 0 Å². The third-order valence-electron chi connectivity index (χ3n) is 4.44. The Morgan fingerprint density at radius 1 is 1.00 bits per heavy atom. The molecule has 28 heavy (non-hydrogen) atoms. The molecule has 0 bridgehead atoms. The van der Waals surface area contributed by atoms with Crippen LogP contribution in [0.15, 0.2) is 35.2 Å². The van der Waals surface area contributed by atoms with Crippen molar-refractivity contribution in [2.45, 2.75) is 13.8 Å². The Morgan fingerprint density at radius 2 is 1.57 bits per heavy atom. The van der Waals surface area contributed by atoms with Crippen molar-refractivity contribution in [1.82, 2.24) is 0 Å². The molecule has 2 aromatic carbocycles. The molecule has 0 aliphatic carbocycles. The Labute approximate surface area is 174 Å². The number of nitrogens with zero attached hydrogens (tertiary/aromatic N) is 1. The van der Waals surface area contributed by atoms with Gasteiger partial charge in [-0.25, -0.2) is 0 Å². The number of benzene rings is 2. The molecule has 1 fully saturated rings. The van der Waals surface area contributed by atoms with E-state index in [1.54, 1.807) is 44.4 Å². The van der Waals surface area contributed by atoms with Crippen LogP contribution in [0.2, 0.25) is 0 Å². The first kappa shape index (κ1) is 20.2. The predicted octanol–water partition coefficient (Wildman–Crippen LogP) is 4.74. The van der Waals surface area contributed by atoms with Crippen LogP contribution in [0, 0.1) is 13.8 Å². The van der Waals surface area contributed by atoms with Crippen LogP contribution in [-0.2, 0) is 4.79 Å². The lowest BCUT2D eigenvalue weighted by molar-refractivity contribution is -0.113. The number of hydrogen-bond acceptors (Lipinski definition) is 6. The highest BCUT2D eigenvalue weighted by Crippen LogP contribution is 2.42. The molecule has 0 spiro atoms. The Kier molecular flexibility index (Phi) is 5.96. The van der Waals surface area contributed by atoms with Crippen LogP contribution in [-0.4, -0.2) is 31.6 Å². The number of para-hydroxylation sites is 1. The summed E-state index contributed by atoms with van der Waals surface area (Å²) in [4.78, 5) is 15.3. The highest BCUT2D eigenvalue weighted by atomic mass is 32.2. The second kappa shape index (κ2) is 8.24. The number of methoxy groups -OCH3 is 3. The normalized spacial score (nSPS) is 15.3. The van der Waals surface area contributed by atoms with Gasteiger partial charge in [-0.1, -0.05) is 42.2 Å². The predicted molar refractivity (Wildman–Crippen MR) is 118 cm³/mol. The second-order valence-electron chi connectivity index (χ2n) is 6.22. The molecule has 0 radical (unpaired) electrons. The summed E-state index contributed by atoms with van der Waals surface area (Å²) in [7, 11) is 4.67. The average Bonchev–Trinajstić information content (AvgIpc) is 2.94. The van der Waals surface area contributed by atoms with Gasteiger partial charge in [0.25, 0.3) is 5.91 Å². The van der Waals surface area contributed by atoms with E-state index in [1.165, 1.54) is 11.8 Å². The first-order chi connectivity index (χ1) is 13.4. The molecule has 0 unspecified atom stereocenters. The molecule has 5 nitrogen and oxygen atoms in total. The van der Waals surface area contributed by atoms with E-state index < -0.39 is 0 Å². The van der Waals surface area contributed by atoms with E-state index in [-0.39, 0.29) is 5.91 Å². The van der Waals surface area contributed by atoms with Crippen LogP contribution < -0.4 is 19.1 Å². The standard InChI is InChI=1S/C21H21NO4S2/c1-12-7-6-8-13(2)18(12)22-20(23)17(28-21(22)27)11-14-9-15(24-3)19(26-5)16(10-14)25-4/h6-11H,1-5H3/b17-11-. The van der Waals surface area contributed by atoms with E-state index in [0.717, 1.165) is 22.4 Å². The maximum Gasteiger partial charge on any atom is 0.270 e. The van der Waals surface area contributed by atoms with Crippen LogP contribution >= 0.6 is 24.0 Å². The minimum atomic E-state index is -0.138. The number of thiocarbonyl (C=S) groups is 1. The highest BCUT2D eigenvalue weighted by molar-refractivity contribution is 8.27. The summed E-state index contributed by atoms with van der Waals surface area (Å²) >= 11 is 6.79. The van der Waals surface area contributed by atoms with Crippen molar-refractivity contribution in [2.24, 2.45) is 0 Å². The van der Waals surface area contributed by atoms with Crippen molar-refractivity contribution in [3.05, 3.63) is 51.9 Å². The van der Waals surface area contributed by atoms with Gasteiger partial charge in [-0.15, -0.1) is 0 Å². The highest BCUT2D eigenvalue weighted by Gasteiger charge is 2.35. The van der Waals surface area contributed by atoms with Crippen molar-refractivity contribution >= 4 is 46.0 Å². The van der Waals surface area contributed by atoms with Gasteiger partial charge in [0.2, 0.25) is 5.75 Å². The van der Waals surface area contributed by atoms with E-state index in [4.69, 9.17) is 26.4 Å². The zero-order valence-corrected chi connectivity index (χ0v) is 18.0. The van der Waals surface area contributed by atoms with Gasteiger partial charge in [0.15, 0.2) is 15.8 Å². The number of anilines is 1. The zero-order valence-electron chi connectivity index (χ0n) is 16.4. The SMILES string of the molecule is COc1cc(/C=C2\SC(=S)N(c3c(C)cccc3C)C2=O)cc(OC)c1OC. The number of carbonyl (C=O) groups excluding carboxylic acids is 1. The van der Waals surface area contributed by atoms with E-state index in [1.807, 2.05) is 32.0 Å². The molecule has 0 N–H and O–H groups in total. The van der Waals surface area contributed by atoms with Gasteiger partial charge in [-0.05, 0) is 48.7 Å². The molecule has 1 aliphatic heterocycles. The van der Waals surface area contributed by atoms with Crippen molar-refractivity contribution in [2.75, 3.05) is 26.2 Å². The maximum absolute atomic E-state index is 13.1. The smallest absolute Gasteiger partial charge is 0.270 e. The molecule has 1 amide bonds. The molecule has 0 atom stereocenters. The van der Waals surface area contributed by atoms with E-state index in [0.29, 0.717) is 26.5 Å². The molecular weight excluding hydrogens is 394 g/mol. The van der Waals surface area contributed by atoms with Crippen LogP contribution in [0.1, 0.15) is 16.7 Å². The fourth-order valence-corrected chi connectivity index (χ4v) is 4.43. The second-order valence-corrected chi connectivity index (χ2v) is 7.89. The fourth-order valence-electron chi connectivity index (χ4n) is 3.15. The van der Waals surface area contributed by atoms with Gasteiger partial charge in [-0.3, -0.25) is 9.69 Å². The Morgan fingerprint density at radius 3 is 2.07 bits per heavy atom. The lowest BCUT2D eigenvalue weighted by Crippen LogP contribution is -2.29. The van der Waals surface area contributed by atoms with E-state index in [9.17, 15) is 4.79 Å². The van der Waals surface area contributed by atoms with E-state index in [2.05, 4.69) is 0 Å². The molecule has 1 saturated heterocycles. The molecule has 1 aliphatic rings. The zero-order chi connectivity index (χ0) is 20.4. The Balaban J connectivity index is 2.03. The lowest BCUT2D eigenvalue weighted by Gasteiger charge is -2.19. The van der Waals surface area contributed by atoms with Gasteiger partial charge < -0.3 is 14.2 Å². The number of amides is 1. The van der Waals surface area contributed by atoms with Crippen LogP contribution in [0.4, 0.5) is 5.69 Å². The van der Waals surface area contributed by atoms with E-state index >= 15 is 0 Å². The third kappa shape index (κ3) is 3.59. The number of rotatable bonds is 5. The summed E-state index contributed by atoms with van der Waals surface area (Å²) in [5, 5.41) is 0. The number of ether oxygens (including phenoxy) is 3. The molecule has 3 rings (SSSR count). The first-order valence-electron chi connectivity index (χ1n) is 8.55. The van der Waals surface area contributed by atoms with Crippen LogP contribution in [0.3, 0.4) is 0 Å². The average molecular weight is 416 g/mol. The van der Waals surface area contributed by atoms with Gasteiger partial charge in [0.1, 0.15) is 0 Å². The number of hydrogen-bond donors (Lipinski definition) is 0. The summed E-state index contributed by atoms with van der Waals surface area (Å²) in [6.07, 6.45) is 1.79. The molecule has 0 saturated carbocycles. The Hall–Kier alpha value is -2.51. The molecule has 146 valence electrons. The summed E-state index contributed by atoms with van der Waals surface area (Å²) in [6.45, 7) is 3.95. The fraction of sp³-hybridized carbons (Fsp3) is 0.238. The van der Waals surface area contributed by atoms with Gasteiger partial charge in [0, 0.05) is 0 Å². The van der Waals surface area contributed by atoms with Gasteiger partial charge >= 0.3 is 0 Å². The summed E-state index contributed by atoms with van der Waals surface area (Å²) in [6, 6.07) is 9.52. The summed E-state index contributed by atoms with van der Waals surface area (Å²) in [5.74, 6) is 1.42. The quantitative estimate of drug-likeness (QED) is 0.520.